The van der Waals surface area contributed by atoms with Crippen LogP contribution >= 0.6 is 0 Å². The molecule has 0 heterocycles. The summed E-state index contributed by atoms with van der Waals surface area (Å²) in [5.41, 5.74) is 7.14. The van der Waals surface area contributed by atoms with Gasteiger partial charge in [0.25, 0.3) is 0 Å². The second-order valence-electron chi connectivity index (χ2n) is 5.68. The highest BCUT2D eigenvalue weighted by molar-refractivity contribution is 7.89. The molecule has 0 atom stereocenters. The lowest BCUT2D eigenvalue weighted by Crippen LogP contribution is -2.27. The second kappa shape index (κ2) is 6.21. The number of hydrogen-bond donors (Lipinski definition) is 2. The van der Waals surface area contributed by atoms with Gasteiger partial charge in [-0.05, 0) is 38.1 Å². The fourth-order valence-corrected chi connectivity index (χ4v) is 3.05. The minimum absolute atomic E-state index is 0.250. The predicted octanol–water partition coefficient (Wildman–Crippen LogP) is 1.03. The highest BCUT2D eigenvalue weighted by Crippen LogP contribution is 2.26. The van der Waals surface area contributed by atoms with Crippen molar-refractivity contribution in [2.75, 3.05) is 45.3 Å². The van der Waals surface area contributed by atoms with E-state index in [-0.39, 0.29) is 4.90 Å². The van der Waals surface area contributed by atoms with Crippen LogP contribution in [0.3, 0.4) is 0 Å². The number of hydrogen-bond acceptors (Lipinski definition) is 5. The first-order valence-corrected chi connectivity index (χ1v) is 8.52. The normalized spacial score (nSPS) is 15.7. The van der Waals surface area contributed by atoms with Crippen LogP contribution in [0.25, 0.3) is 0 Å². The topological polar surface area (TPSA) is 78.7 Å². The molecule has 0 saturated heterocycles. The maximum Gasteiger partial charge on any atom is 0.242 e. The second-order valence-corrected chi connectivity index (χ2v) is 7.83. The third-order valence-electron chi connectivity index (χ3n) is 3.75. The van der Waals surface area contributed by atoms with E-state index in [2.05, 4.69) is 17.3 Å². The summed E-state index contributed by atoms with van der Waals surface area (Å²) in [6.45, 7) is 1.65. The molecular formula is C14H24N4O2S. The Morgan fingerprint density at radius 3 is 2.52 bits per heavy atom. The van der Waals surface area contributed by atoms with Gasteiger partial charge in [-0.25, -0.2) is 12.7 Å². The molecule has 0 aliphatic heterocycles. The Balaban J connectivity index is 2.05. The Morgan fingerprint density at radius 1 is 1.29 bits per heavy atom. The van der Waals surface area contributed by atoms with E-state index < -0.39 is 10.0 Å². The van der Waals surface area contributed by atoms with Gasteiger partial charge in [-0.1, -0.05) is 0 Å². The van der Waals surface area contributed by atoms with Crippen LogP contribution in [0.1, 0.15) is 12.8 Å². The molecule has 7 heteroatoms. The van der Waals surface area contributed by atoms with Gasteiger partial charge in [0.15, 0.2) is 0 Å². The first-order valence-electron chi connectivity index (χ1n) is 7.08. The molecule has 1 aliphatic carbocycles. The van der Waals surface area contributed by atoms with E-state index in [1.807, 2.05) is 0 Å². The minimum Gasteiger partial charge on any atom is -0.397 e. The number of nitrogen functional groups attached to an aromatic ring is 1. The van der Waals surface area contributed by atoms with Gasteiger partial charge in [-0.15, -0.1) is 0 Å². The number of benzene rings is 1. The van der Waals surface area contributed by atoms with Gasteiger partial charge in [0.1, 0.15) is 0 Å². The lowest BCUT2D eigenvalue weighted by molar-refractivity contribution is 0.337. The van der Waals surface area contributed by atoms with Crippen molar-refractivity contribution < 1.29 is 8.42 Å². The summed E-state index contributed by atoms with van der Waals surface area (Å²) >= 11 is 0. The Labute approximate surface area is 127 Å². The summed E-state index contributed by atoms with van der Waals surface area (Å²) in [4.78, 5) is 2.56. The fourth-order valence-electron chi connectivity index (χ4n) is 2.12. The number of nitrogens with one attached hydrogen (secondary N) is 1. The van der Waals surface area contributed by atoms with E-state index in [1.54, 1.807) is 12.1 Å². The summed E-state index contributed by atoms with van der Waals surface area (Å²) in [7, 11) is 1.71. The minimum atomic E-state index is -3.43. The van der Waals surface area contributed by atoms with Gasteiger partial charge in [-0.3, -0.25) is 0 Å². The standard InChI is InChI=1S/C14H24N4O2S/c1-17(2)21(19,20)12-6-7-13(15)14(10-12)16-8-9-18(3)11-4-5-11/h6-7,10-11,16H,4-5,8-9,15H2,1-3H3. The SMILES string of the molecule is CN(CCNc1cc(S(=O)(=O)N(C)C)ccc1N)C1CC1. The highest BCUT2D eigenvalue weighted by atomic mass is 32.2. The molecule has 2 rings (SSSR count). The van der Waals surface area contributed by atoms with E-state index in [4.69, 9.17) is 5.73 Å². The lowest BCUT2D eigenvalue weighted by atomic mass is 10.2. The Hall–Kier alpha value is -1.31. The van der Waals surface area contributed by atoms with Crippen molar-refractivity contribution in [2.45, 2.75) is 23.8 Å². The average Bonchev–Trinajstić information content (AvgIpc) is 3.24. The monoisotopic (exact) mass is 312 g/mol. The van der Waals surface area contributed by atoms with Crippen molar-refractivity contribution in [3.8, 4) is 0 Å². The molecular weight excluding hydrogens is 288 g/mol. The first-order chi connectivity index (χ1) is 9.82. The quantitative estimate of drug-likeness (QED) is 0.735. The van der Waals surface area contributed by atoms with Crippen LogP contribution in [0.15, 0.2) is 23.1 Å². The molecule has 1 saturated carbocycles. The Bertz CT molecular complexity index is 597. The lowest BCUT2D eigenvalue weighted by Gasteiger charge is -2.18. The number of sulfonamides is 1. The molecule has 3 N–H and O–H groups in total. The number of likely N-dealkylation sites (N-methyl/N-ethyl adjacent to an activating group) is 1. The number of nitrogens with zero attached hydrogens (tertiary/aromatic N) is 2. The molecule has 1 aliphatic rings. The fraction of sp³-hybridized carbons (Fsp3) is 0.571. The summed E-state index contributed by atoms with van der Waals surface area (Å²) in [5, 5.41) is 3.23. The molecule has 0 unspecified atom stereocenters. The molecule has 118 valence electrons. The average molecular weight is 312 g/mol. The van der Waals surface area contributed by atoms with Crippen LogP contribution in [-0.2, 0) is 10.0 Å². The zero-order valence-corrected chi connectivity index (χ0v) is 13.7. The molecule has 1 fully saturated rings. The summed E-state index contributed by atoms with van der Waals surface area (Å²) < 4.78 is 25.4. The Kier molecular flexibility index (Phi) is 4.75. The molecule has 0 aromatic heterocycles. The molecule has 0 radical (unpaired) electrons. The summed E-state index contributed by atoms with van der Waals surface area (Å²) in [6.07, 6.45) is 2.55. The zero-order chi connectivity index (χ0) is 15.6. The number of anilines is 2. The van der Waals surface area contributed by atoms with Crippen molar-refractivity contribution >= 4 is 21.4 Å². The molecule has 1 aromatic rings. The van der Waals surface area contributed by atoms with Crippen molar-refractivity contribution in [2.24, 2.45) is 0 Å². The van der Waals surface area contributed by atoms with Gasteiger partial charge >= 0.3 is 0 Å². The van der Waals surface area contributed by atoms with Gasteiger partial charge in [-0.2, -0.15) is 0 Å². The molecule has 0 bridgehead atoms. The third-order valence-corrected chi connectivity index (χ3v) is 5.56. The van der Waals surface area contributed by atoms with E-state index in [0.29, 0.717) is 17.4 Å². The van der Waals surface area contributed by atoms with E-state index in [1.165, 1.54) is 37.3 Å². The van der Waals surface area contributed by atoms with Crippen molar-refractivity contribution in [1.82, 2.24) is 9.21 Å². The van der Waals surface area contributed by atoms with Crippen molar-refractivity contribution in [3.63, 3.8) is 0 Å². The van der Waals surface area contributed by atoms with Gasteiger partial charge < -0.3 is 16.0 Å². The molecule has 21 heavy (non-hydrogen) atoms. The van der Waals surface area contributed by atoms with Gasteiger partial charge in [0.2, 0.25) is 10.0 Å². The molecule has 0 amide bonds. The predicted molar refractivity (Wildman–Crippen MR) is 85.9 cm³/mol. The smallest absolute Gasteiger partial charge is 0.242 e. The number of nitrogens with two attached hydrogens (primary N) is 1. The van der Waals surface area contributed by atoms with Crippen LogP contribution in [0.4, 0.5) is 11.4 Å². The van der Waals surface area contributed by atoms with Crippen LogP contribution in [0, 0.1) is 0 Å². The largest absolute Gasteiger partial charge is 0.397 e. The van der Waals surface area contributed by atoms with Crippen LogP contribution in [0.2, 0.25) is 0 Å². The third kappa shape index (κ3) is 3.87. The summed E-state index contributed by atoms with van der Waals surface area (Å²) in [6, 6.07) is 5.47. The zero-order valence-electron chi connectivity index (χ0n) is 12.8. The highest BCUT2D eigenvalue weighted by Gasteiger charge is 2.25. The van der Waals surface area contributed by atoms with Gasteiger partial charge in [0.05, 0.1) is 16.3 Å². The Morgan fingerprint density at radius 2 is 1.95 bits per heavy atom. The maximum atomic E-state index is 12.1. The summed E-state index contributed by atoms with van der Waals surface area (Å²) in [5.74, 6) is 0. The van der Waals surface area contributed by atoms with Crippen LogP contribution < -0.4 is 11.1 Å². The first kappa shape index (κ1) is 16.1. The van der Waals surface area contributed by atoms with E-state index >= 15 is 0 Å². The molecule has 6 nitrogen and oxygen atoms in total. The van der Waals surface area contributed by atoms with Gasteiger partial charge in [0, 0.05) is 33.2 Å². The molecule has 0 spiro atoms. The molecule has 1 aromatic carbocycles. The van der Waals surface area contributed by atoms with E-state index in [0.717, 1.165) is 13.1 Å². The van der Waals surface area contributed by atoms with Crippen molar-refractivity contribution in [3.05, 3.63) is 18.2 Å². The van der Waals surface area contributed by atoms with E-state index in [9.17, 15) is 8.42 Å². The van der Waals surface area contributed by atoms with Crippen molar-refractivity contribution in [1.29, 1.82) is 0 Å². The number of rotatable bonds is 7. The van der Waals surface area contributed by atoms with Crippen LogP contribution in [-0.4, -0.2) is 57.9 Å². The van der Waals surface area contributed by atoms with Crippen LogP contribution in [0.5, 0.6) is 0 Å². The maximum absolute atomic E-state index is 12.1.